The summed E-state index contributed by atoms with van der Waals surface area (Å²) in [5, 5.41) is 0.728. The molecule has 1 saturated heterocycles. The molecule has 1 atom stereocenters. The first-order valence-corrected chi connectivity index (χ1v) is 14.7. The van der Waals surface area contributed by atoms with Gasteiger partial charge in [-0.25, -0.2) is 0 Å². The van der Waals surface area contributed by atoms with E-state index in [1.165, 1.54) is 39.2 Å². The third-order valence-electron chi connectivity index (χ3n) is 9.62. The molecular weight excluding hydrogens is 498 g/mol. The molecule has 7 rings (SSSR count). The molecule has 1 unspecified atom stereocenters. The van der Waals surface area contributed by atoms with E-state index in [0.29, 0.717) is 31.4 Å². The number of hydrogen-bond acceptors (Lipinski definition) is 4. The van der Waals surface area contributed by atoms with Crippen LogP contribution in [0.3, 0.4) is 0 Å². The molecular formula is C32H38ClNO4. The van der Waals surface area contributed by atoms with Crippen LogP contribution in [-0.2, 0) is 20.7 Å². The summed E-state index contributed by atoms with van der Waals surface area (Å²) in [5.74, 6) is 4.31. The highest BCUT2D eigenvalue weighted by molar-refractivity contribution is 6.31. The highest BCUT2D eigenvalue weighted by Gasteiger charge is 2.52. The van der Waals surface area contributed by atoms with Crippen molar-refractivity contribution in [2.75, 3.05) is 20.3 Å². The monoisotopic (exact) mass is 535 g/mol. The van der Waals surface area contributed by atoms with E-state index in [0.717, 1.165) is 70.5 Å². The molecule has 5 fully saturated rings. The first-order chi connectivity index (χ1) is 18.5. The highest BCUT2D eigenvalue weighted by Crippen LogP contribution is 2.55. The van der Waals surface area contributed by atoms with Crippen molar-refractivity contribution in [3.63, 3.8) is 0 Å². The van der Waals surface area contributed by atoms with E-state index < -0.39 is 0 Å². The maximum Gasteiger partial charge on any atom is 0.305 e. The fourth-order valence-electron chi connectivity index (χ4n) is 8.06. The number of esters is 1. The van der Waals surface area contributed by atoms with Gasteiger partial charge < -0.3 is 14.4 Å². The van der Waals surface area contributed by atoms with Gasteiger partial charge in [0.1, 0.15) is 5.75 Å². The Hall–Kier alpha value is -2.53. The zero-order valence-corrected chi connectivity index (χ0v) is 23.0. The van der Waals surface area contributed by atoms with Crippen LogP contribution in [0.25, 0.3) is 11.1 Å². The summed E-state index contributed by atoms with van der Waals surface area (Å²) in [5.41, 5.74) is 3.17. The number of ether oxygens (including phenoxy) is 2. The predicted octanol–water partition coefficient (Wildman–Crippen LogP) is 6.55. The van der Waals surface area contributed by atoms with E-state index in [1.54, 1.807) is 0 Å². The van der Waals surface area contributed by atoms with Crippen LogP contribution in [0, 0.1) is 29.6 Å². The van der Waals surface area contributed by atoms with Crippen molar-refractivity contribution < 1.29 is 19.1 Å². The lowest BCUT2D eigenvalue weighted by Gasteiger charge is -2.56. The van der Waals surface area contributed by atoms with E-state index in [9.17, 15) is 9.59 Å². The Bertz CT molecular complexity index is 1150. The molecule has 0 spiro atoms. The van der Waals surface area contributed by atoms with Gasteiger partial charge in [-0.05, 0) is 110 Å². The van der Waals surface area contributed by atoms with Gasteiger partial charge in [0.2, 0.25) is 5.91 Å². The van der Waals surface area contributed by atoms with E-state index in [1.807, 2.05) is 30.3 Å². The Morgan fingerprint density at radius 2 is 1.66 bits per heavy atom. The minimum absolute atomic E-state index is 0.0474. The van der Waals surface area contributed by atoms with Crippen LogP contribution in [0.5, 0.6) is 5.75 Å². The van der Waals surface area contributed by atoms with Crippen molar-refractivity contribution in [1.82, 2.24) is 4.90 Å². The normalized spacial score (nSPS) is 29.6. The number of benzene rings is 2. The lowest BCUT2D eigenvalue weighted by Crippen LogP contribution is -2.56. The molecule has 0 aromatic heterocycles. The van der Waals surface area contributed by atoms with Gasteiger partial charge >= 0.3 is 5.97 Å². The molecule has 5 nitrogen and oxygen atoms in total. The third-order valence-corrected chi connectivity index (χ3v) is 9.97. The van der Waals surface area contributed by atoms with Crippen molar-refractivity contribution in [3.05, 3.63) is 53.1 Å². The average Bonchev–Trinajstić information content (AvgIpc) is 3.27. The Kier molecular flexibility index (Phi) is 7.39. The molecule has 38 heavy (non-hydrogen) atoms. The minimum Gasteiger partial charge on any atom is -0.494 e. The molecule has 202 valence electrons. The van der Waals surface area contributed by atoms with Gasteiger partial charge in [0.15, 0.2) is 0 Å². The Balaban J connectivity index is 1.05. The molecule has 0 radical (unpaired) electrons. The summed E-state index contributed by atoms with van der Waals surface area (Å²) in [6.07, 6.45) is 9.48. The smallest absolute Gasteiger partial charge is 0.305 e. The number of carbonyl (C=O) groups excluding carboxylic acids is 2. The van der Waals surface area contributed by atoms with Gasteiger partial charge in [-0.1, -0.05) is 35.9 Å². The summed E-state index contributed by atoms with van der Waals surface area (Å²) < 4.78 is 10.4. The lowest BCUT2D eigenvalue weighted by atomic mass is 9.54. The molecule has 5 aliphatic rings. The molecule has 4 saturated carbocycles. The van der Waals surface area contributed by atoms with Crippen LogP contribution in [0.2, 0.25) is 5.02 Å². The first kappa shape index (κ1) is 25.7. The van der Waals surface area contributed by atoms with E-state index in [2.05, 4.69) is 21.8 Å². The molecule has 4 aliphatic carbocycles. The van der Waals surface area contributed by atoms with Crippen LogP contribution in [0.1, 0.15) is 56.9 Å². The van der Waals surface area contributed by atoms with Crippen LogP contribution in [0.15, 0.2) is 42.5 Å². The van der Waals surface area contributed by atoms with E-state index >= 15 is 0 Å². The standard InChI is InChI=1S/C32H38ClNO4/c1-37-30(35)3-2-12-38-28-8-6-22(7-9-28)23-4-5-24(29(33)19-23)18-25-10-11-34(32(25)36)31-26-14-20-13-21(16-26)17-27(31)15-20/h4-9,19-21,25-27,31H,2-3,10-18H2,1H3. The van der Waals surface area contributed by atoms with Gasteiger partial charge in [-0.2, -0.15) is 0 Å². The van der Waals surface area contributed by atoms with Crippen molar-refractivity contribution >= 4 is 23.5 Å². The van der Waals surface area contributed by atoms with E-state index in [-0.39, 0.29) is 11.9 Å². The van der Waals surface area contributed by atoms with E-state index in [4.69, 9.17) is 16.3 Å². The fourth-order valence-corrected chi connectivity index (χ4v) is 8.32. The van der Waals surface area contributed by atoms with Gasteiger partial charge in [0, 0.05) is 29.9 Å². The van der Waals surface area contributed by atoms with Gasteiger partial charge in [-0.15, -0.1) is 0 Å². The molecule has 2 aromatic carbocycles. The Labute approximate surface area is 230 Å². The zero-order chi connectivity index (χ0) is 26.2. The van der Waals surface area contributed by atoms with Gasteiger partial charge in [0.05, 0.1) is 13.7 Å². The summed E-state index contributed by atoms with van der Waals surface area (Å²) in [6, 6.07) is 14.6. The third kappa shape index (κ3) is 5.19. The van der Waals surface area contributed by atoms with Crippen molar-refractivity contribution in [3.8, 4) is 16.9 Å². The summed E-state index contributed by atoms with van der Waals surface area (Å²) in [6.45, 7) is 1.39. The second-order valence-electron chi connectivity index (χ2n) is 12.0. The SMILES string of the molecule is COC(=O)CCCOc1ccc(-c2ccc(CC3CCN(C4C5CC6CC(C5)CC4C6)C3=O)c(Cl)c2)cc1. The largest absolute Gasteiger partial charge is 0.494 e. The van der Waals surface area contributed by atoms with Crippen LogP contribution >= 0.6 is 11.6 Å². The van der Waals surface area contributed by atoms with Gasteiger partial charge in [-0.3, -0.25) is 9.59 Å². The quantitative estimate of drug-likeness (QED) is 0.270. The number of carbonyl (C=O) groups is 2. The van der Waals surface area contributed by atoms with Gasteiger partial charge in [0.25, 0.3) is 0 Å². The molecule has 1 amide bonds. The van der Waals surface area contributed by atoms with Crippen LogP contribution in [0.4, 0.5) is 0 Å². The number of nitrogens with zero attached hydrogens (tertiary/aromatic N) is 1. The van der Waals surface area contributed by atoms with Crippen molar-refractivity contribution in [2.45, 2.75) is 63.8 Å². The number of halogens is 1. The number of likely N-dealkylation sites (tertiary alicyclic amines) is 1. The number of methoxy groups -OCH3 is 1. The number of hydrogen-bond donors (Lipinski definition) is 0. The average molecular weight is 536 g/mol. The Morgan fingerprint density at radius 3 is 2.32 bits per heavy atom. The zero-order valence-electron chi connectivity index (χ0n) is 22.2. The van der Waals surface area contributed by atoms with Crippen LogP contribution < -0.4 is 4.74 Å². The lowest BCUT2D eigenvalue weighted by molar-refractivity contribution is -0.142. The molecule has 4 bridgehead atoms. The highest BCUT2D eigenvalue weighted by atomic mass is 35.5. The second kappa shape index (κ2) is 10.9. The minimum atomic E-state index is -0.221. The molecule has 1 heterocycles. The first-order valence-electron chi connectivity index (χ1n) is 14.4. The maximum absolute atomic E-state index is 13.6. The topological polar surface area (TPSA) is 55.8 Å². The summed E-state index contributed by atoms with van der Waals surface area (Å²) in [7, 11) is 1.39. The summed E-state index contributed by atoms with van der Waals surface area (Å²) in [4.78, 5) is 27.1. The second-order valence-corrected chi connectivity index (χ2v) is 12.4. The van der Waals surface area contributed by atoms with Crippen molar-refractivity contribution in [2.24, 2.45) is 29.6 Å². The fraction of sp³-hybridized carbons (Fsp3) is 0.562. The number of amides is 1. The summed E-state index contributed by atoms with van der Waals surface area (Å²) >= 11 is 6.76. The molecule has 1 aliphatic heterocycles. The van der Waals surface area contributed by atoms with Crippen LogP contribution in [-0.4, -0.2) is 43.1 Å². The Morgan fingerprint density at radius 1 is 0.974 bits per heavy atom. The predicted molar refractivity (Wildman–Crippen MR) is 148 cm³/mol. The van der Waals surface area contributed by atoms with Crippen molar-refractivity contribution in [1.29, 1.82) is 0 Å². The maximum atomic E-state index is 13.6. The molecule has 0 N–H and O–H groups in total. The molecule has 2 aromatic rings. The molecule has 6 heteroatoms. The number of rotatable bonds is 9.